The Hall–Kier alpha value is -2.94. The molecule has 2 heterocycles. The van der Waals surface area contributed by atoms with Crippen LogP contribution in [-0.4, -0.2) is 42.0 Å². The lowest BCUT2D eigenvalue weighted by atomic mass is 9.86. The number of carbonyl (C=O) groups is 2. The molecule has 0 spiro atoms. The zero-order valence-electron chi connectivity index (χ0n) is 20.9. The molecule has 5 rings (SSSR count). The number of benzene rings is 2. The van der Waals surface area contributed by atoms with Crippen LogP contribution in [0.2, 0.25) is 0 Å². The van der Waals surface area contributed by atoms with Gasteiger partial charge in [-0.25, -0.2) is 4.39 Å². The van der Waals surface area contributed by atoms with E-state index in [1.165, 1.54) is 0 Å². The number of nitrogens with one attached hydrogen (secondary N) is 1. The maximum Gasteiger partial charge on any atom is 0.416 e. The second-order valence-electron chi connectivity index (χ2n) is 11.4. The van der Waals surface area contributed by atoms with Crippen molar-refractivity contribution < 1.29 is 31.9 Å². The molecule has 0 aromatic heterocycles. The van der Waals surface area contributed by atoms with E-state index in [4.69, 9.17) is 4.74 Å². The minimum atomic E-state index is -4.67. The van der Waals surface area contributed by atoms with Gasteiger partial charge in [0.05, 0.1) is 24.8 Å². The summed E-state index contributed by atoms with van der Waals surface area (Å²) in [6.07, 6.45) is -3.33. The summed E-state index contributed by atoms with van der Waals surface area (Å²) in [6, 6.07) is 8.16. The SMILES string of the molecule is CC(C)(C)c1cccc(C(=O)N2[C@@H](C(=O)NC(c3ccc(C(F)(F)F)cc3F)C3COC3)C[C@H]3C[C@H]32)c1. The lowest BCUT2D eigenvalue weighted by Crippen LogP contribution is -2.51. The Balaban J connectivity index is 1.38. The Morgan fingerprint density at radius 3 is 2.35 bits per heavy atom. The molecule has 5 nitrogen and oxygen atoms in total. The van der Waals surface area contributed by atoms with Gasteiger partial charge in [-0.3, -0.25) is 9.59 Å². The van der Waals surface area contributed by atoms with Crippen LogP contribution < -0.4 is 5.32 Å². The normalized spacial score (nSPS) is 24.3. The van der Waals surface area contributed by atoms with Gasteiger partial charge in [-0.05, 0) is 54.0 Å². The molecule has 37 heavy (non-hydrogen) atoms. The molecule has 1 saturated carbocycles. The van der Waals surface area contributed by atoms with Crippen molar-refractivity contribution >= 4 is 11.8 Å². The third-order valence-corrected chi connectivity index (χ3v) is 7.71. The Kier molecular flexibility index (Phi) is 6.33. The number of alkyl halides is 3. The smallest absolute Gasteiger partial charge is 0.381 e. The van der Waals surface area contributed by atoms with E-state index in [1.54, 1.807) is 11.0 Å². The van der Waals surface area contributed by atoms with Gasteiger partial charge in [-0.2, -0.15) is 13.2 Å². The molecule has 2 saturated heterocycles. The largest absolute Gasteiger partial charge is 0.416 e. The Bertz CT molecular complexity index is 1220. The molecule has 2 aliphatic heterocycles. The van der Waals surface area contributed by atoms with Gasteiger partial charge in [0.1, 0.15) is 11.9 Å². The summed E-state index contributed by atoms with van der Waals surface area (Å²) >= 11 is 0. The number of halogens is 4. The summed E-state index contributed by atoms with van der Waals surface area (Å²) in [7, 11) is 0. The van der Waals surface area contributed by atoms with E-state index in [0.29, 0.717) is 18.1 Å². The molecule has 0 bridgehead atoms. The fourth-order valence-corrected chi connectivity index (χ4v) is 5.35. The summed E-state index contributed by atoms with van der Waals surface area (Å²) < 4.78 is 59.2. The number of amides is 2. The quantitative estimate of drug-likeness (QED) is 0.551. The first-order chi connectivity index (χ1) is 17.3. The molecule has 1 aliphatic carbocycles. The highest BCUT2D eigenvalue weighted by molar-refractivity contribution is 5.99. The van der Waals surface area contributed by atoms with Gasteiger partial charge in [-0.1, -0.05) is 39.0 Å². The monoisotopic (exact) mass is 518 g/mol. The zero-order chi connectivity index (χ0) is 26.7. The van der Waals surface area contributed by atoms with Crippen molar-refractivity contribution in [3.8, 4) is 0 Å². The van der Waals surface area contributed by atoms with Gasteiger partial charge in [-0.15, -0.1) is 0 Å². The van der Waals surface area contributed by atoms with Gasteiger partial charge >= 0.3 is 6.18 Å². The van der Waals surface area contributed by atoms with Crippen LogP contribution in [0, 0.1) is 17.7 Å². The molecule has 2 aromatic rings. The number of ether oxygens (including phenoxy) is 1. The van der Waals surface area contributed by atoms with Gasteiger partial charge in [0.25, 0.3) is 5.91 Å². The molecule has 2 amide bonds. The lowest BCUT2D eigenvalue weighted by Gasteiger charge is -2.36. The Morgan fingerprint density at radius 1 is 1.03 bits per heavy atom. The highest BCUT2D eigenvalue weighted by Gasteiger charge is 2.56. The van der Waals surface area contributed by atoms with E-state index in [2.05, 4.69) is 26.1 Å². The first-order valence-electron chi connectivity index (χ1n) is 12.5. The van der Waals surface area contributed by atoms with E-state index in [9.17, 15) is 27.2 Å². The number of rotatable bonds is 5. The van der Waals surface area contributed by atoms with Crippen molar-refractivity contribution in [3.63, 3.8) is 0 Å². The van der Waals surface area contributed by atoms with Crippen molar-refractivity contribution in [3.05, 3.63) is 70.5 Å². The number of nitrogens with zero attached hydrogens (tertiary/aromatic N) is 1. The number of likely N-dealkylation sites (tertiary alicyclic amines) is 1. The van der Waals surface area contributed by atoms with Crippen LogP contribution >= 0.6 is 0 Å². The number of fused-ring (bicyclic) bond motifs is 1. The minimum Gasteiger partial charge on any atom is -0.381 e. The first kappa shape index (κ1) is 25.7. The Labute approximate surface area is 213 Å². The topological polar surface area (TPSA) is 58.6 Å². The summed E-state index contributed by atoms with van der Waals surface area (Å²) in [5.41, 5.74) is 0.260. The molecular formula is C28H30F4N2O3. The predicted octanol–water partition coefficient (Wildman–Crippen LogP) is 5.25. The number of carbonyl (C=O) groups excluding carboxylic acids is 2. The van der Waals surface area contributed by atoms with E-state index in [-0.39, 0.29) is 48.0 Å². The number of piperidine rings is 1. The van der Waals surface area contributed by atoms with Crippen LogP contribution in [0.15, 0.2) is 42.5 Å². The standard InChI is InChI=1S/C28H30F4N2O3/c1-27(2,3)18-6-4-5-15(9-18)26(36)34-22-10-16(22)11-23(34)25(35)33-24(17-13-37-14-17)20-8-7-19(12-21(20)29)28(30,31)32/h4-9,12,16-17,22-24H,10-11,13-14H2,1-3H3,(H,33,35)/t16-,22-,23-,24?/m1/s1. The van der Waals surface area contributed by atoms with E-state index < -0.39 is 35.5 Å². The molecule has 3 fully saturated rings. The zero-order valence-corrected chi connectivity index (χ0v) is 20.9. The summed E-state index contributed by atoms with van der Waals surface area (Å²) in [5, 5.41) is 2.86. The van der Waals surface area contributed by atoms with Crippen molar-refractivity contribution in [2.45, 2.75) is 63.3 Å². The highest BCUT2D eigenvalue weighted by atomic mass is 19.4. The van der Waals surface area contributed by atoms with Gasteiger partial charge in [0.2, 0.25) is 5.91 Å². The Morgan fingerprint density at radius 2 is 1.76 bits per heavy atom. The maximum atomic E-state index is 14.9. The molecular weight excluding hydrogens is 488 g/mol. The maximum absolute atomic E-state index is 14.9. The third kappa shape index (κ3) is 4.98. The minimum absolute atomic E-state index is 0.0187. The molecule has 0 radical (unpaired) electrons. The van der Waals surface area contributed by atoms with Crippen molar-refractivity contribution in [1.29, 1.82) is 0 Å². The third-order valence-electron chi connectivity index (χ3n) is 7.71. The second-order valence-corrected chi connectivity index (χ2v) is 11.4. The van der Waals surface area contributed by atoms with Crippen LogP contribution in [0.5, 0.6) is 0 Å². The molecule has 4 atom stereocenters. The number of hydrogen-bond donors (Lipinski definition) is 1. The van der Waals surface area contributed by atoms with Gasteiger partial charge < -0.3 is 15.0 Å². The van der Waals surface area contributed by atoms with Crippen LogP contribution in [0.4, 0.5) is 17.6 Å². The summed E-state index contributed by atoms with van der Waals surface area (Å²) in [4.78, 5) is 28.7. The molecule has 1 N–H and O–H groups in total. The summed E-state index contributed by atoms with van der Waals surface area (Å²) in [6.45, 7) is 6.69. The van der Waals surface area contributed by atoms with Crippen molar-refractivity contribution in [1.82, 2.24) is 10.2 Å². The fourth-order valence-electron chi connectivity index (χ4n) is 5.35. The van der Waals surface area contributed by atoms with Gasteiger partial charge in [0, 0.05) is 23.1 Å². The molecule has 1 unspecified atom stereocenters. The van der Waals surface area contributed by atoms with Crippen molar-refractivity contribution in [2.24, 2.45) is 11.8 Å². The van der Waals surface area contributed by atoms with Crippen LogP contribution in [0.25, 0.3) is 0 Å². The van der Waals surface area contributed by atoms with Crippen LogP contribution in [0.3, 0.4) is 0 Å². The summed E-state index contributed by atoms with van der Waals surface area (Å²) in [5.74, 6) is -1.73. The first-order valence-corrected chi connectivity index (χ1v) is 12.5. The van der Waals surface area contributed by atoms with E-state index in [1.807, 2.05) is 18.2 Å². The molecule has 3 aliphatic rings. The lowest BCUT2D eigenvalue weighted by molar-refractivity contribution is -0.138. The van der Waals surface area contributed by atoms with E-state index in [0.717, 1.165) is 24.1 Å². The van der Waals surface area contributed by atoms with Crippen LogP contribution in [-0.2, 0) is 21.1 Å². The van der Waals surface area contributed by atoms with Crippen molar-refractivity contribution in [2.75, 3.05) is 13.2 Å². The number of hydrogen-bond acceptors (Lipinski definition) is 3. The highest BCUT2D eigenvalue weighted by Crippen LogP contribution is 2.49. The average Bonchev–Trinajstić information content (AvgIpc) is 3.45. The fraction of sp³-hybridized carbons (Fsp3) is 0.500. The van der Waals surface area contributed by atoms with E-state index >= 15 is 0 Å². The molecule has 2 aromatic carbocycles. The molecule has 198 valence electrons. The van der Waals surface area contributed by atoms with Crippen LogP contribution in [0.1, 0.15) is 66.7 Å². The van der Waals surface area contributed by atoms with Gasteiger partial charge in [0.15, 0.2) is 0 Å². The predicted molar refractivity (Wildman–Crippen MR) is 128 cm³/mol. The molecule has 9 heteroatoms. The average molecular weight is 519 g/mol. The second kappa shape index (κ2) is 9.11.